The van der Waals surface area contributed by atoms with Crippen molar-refractivity contribution in [2.75, 3.05) is 36.7 Å². The second kappa shape index (κ2) is 22.5. The molecule has 2 aromatic heterocycles. The fraction of sp³-hybridized carbons (Fsp3) is 0.250. The number of aromatic nitrogens is 2. The number of nitrogens with one attached hydrogen (secondary N) is 3. The van der Waals surface area contributed by atoms with Crippen molar-refractivity contribution in [2.45, 2.75) is 33.1 Å². The maximum absolute atomic E-state index is 12.5. The highest BCUT2D eigenvalue weighted by molar-refractivity contribution is 6.31. The van der Waals surface area contributed by atoms with Gasteiger partial charge in [-0.25, -0.2) is 25.6 Å². The fourth-order valence-electron chi connectivity index (χ4n) is 4.31. The summed E-state index contributed by atoms with van der Waals surface area (Å²) < 4.78 is 42.4. The number of anilines is 2. The van der Waals surface area contributed by atoms with Crippen LogP contribution in [0.2, 0.25) is 10.0 Å². The van der Waals surface area contributed by atoms with Crippen molar-refractivity contribution < 1.29 is 41.9 Å². The van der Waals surface area contributed by atoms with Crippen LogP contribution in [0.5, 0.6) is 0 Å². The Hall–Kier alpha value is -5.84. The molecule has 296 valence electrons. The zero-order valence-corrected chi connectivity index (χ0v) is 31.4. The third-order valence-electron chi connectivity index (χ3n) is 7.21. The van der Waals surface area contributed by atoms with Crippen LogP contribution in [0.25, 0.3) is 0 Å². The molecule has 0 aliphatic rings. The molecule has 0 spiro atoms. The monoisotopic (exact) mass is 817 g/mol. The first-order valence-corrected chi connectivity index (χ1v) is 17.2. The molecule has 0 aliphatic heterocycles. The summed E-state index contributed by atoms with van der Waals surface area (Å²) in [4.78, 5) is 59.3. The third kappa shape index (κ3) is 15.1. The number of amides is 4. The summed E-state index contributed by atoms with van der Waals surface area (Å²) in [5.74, 6) is -0.365. The van der Waals surface area contributed by atoms with E-state index in [1.54, 1.807) is 24.3 Å². The van der Waals surface area contributed by atoms with Gasteiger partial charge >= 0.3 is 12.3 Å². The Morgan fingerprint density at radius 1 is 0.821 bits per heavy atom. The number of ether oxygens (including phenoxy) is 1. The van der Waals surface area contributed by atoms with Gasteiger partial charge in [-0.05, 0) is 47.5 Å². The second-order valence-electron chi connectivity index (χ2n) is 11.2. The summed E-state index contributed by atoms with van der Waals surface area (Å²) in [7, 11) is 0. The van der Waals surface area contributed by atoms with E-state index in [1.165, 1.54) is 42.2 Å². The van der Waals surface area contributed by atoms with Crippen LogP contribution in [0.4, 0.5) is 29.6 Å². The molecule has 4 aromatic rings. The molecule has 2 heterocycles. The molecular formula is C36H36Cl2F3N9O6. The lowest BCUT2D eigenvalue weighted by Crippen LogP contribution is -2.44. The zero-order chi connectivity index (χ0) is 41.1. The first kappa shape index (κ1) is 44.6. The number of hydrogen-bond acceptors (Lipinski definition) is 11. The summed E-state index contributed by atoms with van der Waals surface area (Å²) >= 11 is 12.2. The van der Waals surface area contributed by atoms with Crippen LogP contribution in [-0.4, -0.2) is 70.6 Å². The number of carbonyl (C=O) groups is 4. The molecule has 56 heavy (non-hydrogen) atoms. The lowest BCUT2D eigenvalue weighted by atomic mass is 10.2. The highest BCUT2D eigenvalue weighted by Crippen LogP contribution is 2.28. The number of rotatable bonds is 16. The molecular weight excluding hydrogens is 782 g/mol. The molecule has 0 fully saturated rings. The molecule has 0 atom stereocenters. The predicted octanol–water partition coefficient (Wildman–Crippen LogP) is 5.91. The Kier molecular flexibility index (Phi) is 17.9. The number of nitrogens with zero attached hydrogens (tertiary/aromatic N) is 6. The van der Waals surface area contributed by atoms with E-state index in [0.29, 0.717) is 41.3 Å². The quantitative estimate of drug-likeness (QED) is 0.0903. The molecule has 4 rings (SSSR count). The molecule has 0 radical (unpaired) electrons. The van der Waals surface area contributed by atoms with Gasteiger partial charge in [0.1, 0.15) is 18.5 Å². The Morgan fingerprint density at radius 3 is 1.84 bits per heavy atom. The SMILES string of the molecule is CC(=O)N(CCOC(=O)Nc1ccc(C(F)(F)F)cn1)NCc1ccccc1Cl.CC(=O)N(CCON(C=O)c1ccc(C#N)cn1)NCc1ccccc1Cl. The summed E-state index contributed by atoms with van der Waals surface area (Å²) in [6.45, 7) is 3.56. The molecule has 0 saturated heterocycles. The Bertz CT molecular complexity index is 1950. The van der Waals surface area contributed by atoms with Crippen LogP contribution in [-0.2, 0) is 43.2 Å². The molecule has 0 aliphatic carbocycles. The minimum Gasteiger partial charge on any atom is -0.447 e. The van der Waals surface area contributed by atoms with Crippen molar-refractivity contribution in [3.05, 3.63) is 117 Å². The zero-order valence-electron chi connectivity index (χ0n) is 29.9. The van der Waals surface area contributed by atoms with Crippen LogP contribution in [0.15, 0.2) is 85.2 Å². The minimum atomic E-state index is -4.51. The molecule has 3 N–H and O–H groups in total. The number of pyridine rings is 2. The molecule has 0 unspecified atom stereocenters. The second-order valence-corrected chi connectivity index (χ2v) is 12.0. The van der Waals surface area contributed by atoms with Crippen molar-refractivity contribution in [2.24, 2.45) is 0 Å². The van der Waals surface area contributed by atoms with Gasteiger partial charge < -0.3 is 4.74 Å². The van der Waals surface area contributed by atoms with Gasteiger partial charge in [-0.3, -0.25) is 34.6 Å². The maximum Gasteiger partial charge on any atom is 0.417 e. The van der Waals surface area contributed by atoms with Crippen LogP contribution in [0.3, 0.4) is 0 Å². The Balaban J connectivity index is 0.000000301. The van der Waals surface area contributed by atoms with Crippen molar-refractivity contribution in [3.8, 4) is 6.07 Å². The van der Waals surface area contributed by atoms with Crippen molar-refractivity contribution in [1.82, 2.24) is 30.8 Å². The summed E-state index contributed by atoms with van der Waals surface area (Å²) in [6.07, 6.45) is -3.02. The minimum absolute atomic E-state index is 0.0493. The summed E-state index contributed by atoms with van der Waals surface area (Å²) in [6, 6.07) is 21.2. The van der Waals surface area contributed by atoms with Crippen molar-refractivity contribution in [3.63, 3.8) is 0 Å². The van der Waals surface area contributed by atoms with E-state index in [9.17, 15) is 32.3 Å². The van der Waals surface area contributed by atoms with E-state index < -0.39 is 17.8 Å². The van der Waals surface area contributed by atoms with E-state index in [-0.39, 0.29) is 49.8 Å². The van der Waals surface area contributed by atoms with Gasteiger partial charge in [0.2, 0.25) is 18.2 Å². The Morgan fingerprint density at radius 2 is 1.39 bits per heavy atom. The van der Waals surface area contributed by atoms with E-state index >= 15 is 0 Å². The largest absolute Gasteiger partial charge is 0.447 e. The summed E-state index contributed by atoms with van der Waals surface area (Å²) in [5.41, 5.74) is 6.95. The standard InChI is InChI=1S/C18H18ClF3N4O3.C18H18ClN5O3/c1-12(27)26(24-10-13-4-2-3-5-15(13)19)8-9-29-17(28)25-16-7-6-14(11-23-16)18(20,21)22;1-14(26)23(22-12-16-4-2-3-5-17(16)19)8-9-27-24(13-25)18-7-6-15(10-20)11-21-18/h2-7,11,24H,8-10H2,1H3,(H,23,25,28);2-7,11,13,22H,8-9,12H2,1H3. The number of halogens is 5. The van der Waals surface area contributed by atoms with Crippen LogP contribution < -0.4 is 21.2 Å². The molecule has 0 bridgehead atoms. The number of carbonyl (C=O) groups excluding carboxylic acids is 4. The first-order valence-electron chi connectivity index (χ1n) is 16.4. The average Bonchev–Trinajstić information content (AvgIpc) is 3.17. The maximum atomic E-state index is 12.5. The number of benzene rings is 2. The molecule has 15 nitrogen and oxygen atoms in total. The number of hydrogen-bond donors (Lipinski definition) is 3. The highest BCUT2D eigenvalue weighted by atomic mass is 35.5. The topological polar surface area (TPSA) is 182 Å². The van der Waals surface area contributed by atoms with Gasteiger partial charge in [0, 0.05) is 49.4 Å². The van der Waals surface area contributed by atoms with Crippen LogP contribution in [0, 0.1) is 11.3 Å². The Labute approximate surface area is 329 Å². The summed E-state index contributed by atoms with van der Waals surface area (Å²) in [5, 5.41) is 15.7. The molecule has 2 aromatic carbocycles. The first-order chi connectivity index (χ1) is 26.7. The lowest BCUT2D eigenvalue weighted by Gasteiger charge is -2.23. The van der Waals surface area contributed by atoms with Crippen molar-refractivity contribution in [1.29, 1.82) is 5.26 Å². The van der Waals surface area contributed by atoms with E-state index in [4.69, 9.17) is 38.0 Å². The van der Waals surface area contributed by atoms with Gasteiger partial charge in [0.05, 0.1) is 30.8 Å². The molecule has 20 heteroatoms. The van der Waals surface area contributed by atoms with Gasteiger partial charge in [-0.1, -0.05) is 59.6 Å². The van der Waals surface area contributed by atoms with Crippen molar-refractivity contribution >= 4 is 59.2 Å². The normalized spacial score (nSPS) is 10.6. The van der Waals surface area contributed by atoms with Gasteiger partial charge in [-0.2, -0.15) is 23.5 Å². The fourth-order valence-corrected chi connectivity index (χ4v) is 4.71. The van der Waals surface area contributed by atoms with Gasteiger partial charge in [-0.15, -0.1) is 0 Å². The predicted molar refractivity (Wildman–Crippen MR) is 199 cm³/mol. The number of alkyl halides is 3. The molecule has 4 amide bonds. The number of hydrazine groups is 2. The lowest BCUT2D eigenvalue weighted by molar-refractivity contribution is -0.138. The van der Waals surface area contributed by atoms with E-state index in [2.05, 4.69) is 26.1 Å². The number of nitriles is 1. The van der Waals surface area contributed by atoms with Crippen LogP contribution in [0.1, 0.15) is 36.1 Å². The van der Waals surface area contributed by atoms with Gasteiger partial charge in [0.25, 0.3) is 0 Å². The highest BCUT2D eigenvalue weighted by Gasteiger charge is 2.30. The average molecular weight is 819 g/mol. The molecule has 0 saturated carbocycles. The van der Waals surface area contributed by atoms with E-state index in [1.807, 2.05) is 30.3 Å². The van der Waals surface area contributed by atoms with Gasteiger partial charge in [0.15, 0.2) is 5.82 Å². The van der Waals surface area contributed by atoms with Crippen LogP contribution >= 0.6 is 23.2 Å². The third-order valence-corrected chi connectivity index (χ3v) is 7.95. The van der Waals surface area contributed by atoms with E-state index in [0.717, 1.165) is 28.3 Å². The smallest absolute Gasteiger partial charge is 0.417 e. The number of hydroxylamine groups is 1.